The van der Waals surface area contributed by atoms with Crippen LogP contribution in [-0.2, 0) is 12.8 Å². The van der Waals surface area contributed by atoms with Crippen LogP contribution in [0.1, 0.15) is 17.5 Å². The molecule has 0 atom stereocenters. The molecule has 2 nitrogen and oxygen atoms in total. The van der Waals surface area contributed by atoms with E-state index in [1.165, 1.54) is 5.56 Å². The van der Waals surface area contributed by atoms with E-state index in [-0.39, 0.29) is 0 Å². The Morgan fingerprint density at radius 2 is 1.45 bits per heavy atom. The van der Waals surface area contributed by atoms with Gasteiger partial charge in [0.1, 0.15) is 0 Å². The molecule has 0 spiro atoms. The molecule has 2 rings (SSSR count). The van der Waals surface area contributed by atoms with E-state index in [1.807, 2.05) is 24.3 Å². The van der Waals surface area contributed by atoms with Crippen LogP contribution in [0.3, 0.4) is 0 Å². The zero-order valence-electron chi connectivity index (χ0n) is 12.2. The lowest BCUT2D eigenvalue weighted by molar-refractivity contribution is 0.647. The fraction of sp³-hybridized carbons (Fsp3) is 0.294. The highest BCUT2D eigenvalue weighted by Crippen LogP contribution is 2.28. The first-order valence-electron chi connectivity index (χ1n) is 7.25. The molecule has 0 bridgehead atoms. The topological polar surface area (TPSA) is 38.0 Å². The average Bonchev–Trinajstić information content (AvgIpc) is 2.50. The lowest BCUT2D eigenvalue weighted by Crippen LogP contribution is -2.19. The van der Waals surface area contributed by atoms with Crippen LogP contribution in [0.15, 0.2) is 36.4 Å². The van der Waals surface area contributed by atoms with Gasteiger partial charge in [-0.3, -0.25) is 0 Å². The van der Waals surface area contributed by atoms with Gasteiger partial charge in [0.05, 0.1) is 15.7 Å². The van der Waals surface area contributed by atoms with Crippen molar-refractivity contribution in [3.05, 3.63) is 62.6 Å². The number of benzene rings is 2. The van der Waals surface area contributed by atoms with E-state index in [0.29, 0.717) is 15.7 Å². The SMILES string of the molecule is Nc1c(Cl)cc(CCNCCCc2ccc(Cl)cc2)cc1Cl. The van der Waals surface area contributed by atoms with Crippen molar-refractivity contribution in [3.8, 4) is 0 Å². The van der Waals surface area contributed by atoms with Gasteiger partial charge in [-0.25, -0.2) is 0 Å². The molecular formula is C17H19Cl3N2. The molecule has 2 aromatic carbocycles. The zero-order chi connectivity index (χ0) is 15.9. The molecule has 0 aromatic heterocycles. The number of rotatable bonds is 7. The van der Waals surface area contributed by atoms with Crippen molar-refractivity contribution in [1.29, 1.82) is 0 Å². The van der Waals surface area contributed by atoms with E-state index in [2.05, 4.69) is 17.4 Å². The first-order chi connectivity index (χ1) is 10.6. The van der Waals surface area contributed by atoms with E-state index in [0.717, 1.165) is 42.9 Å². The molecule has 0 aliphatic carbocycles. The third-order valence-corrected chi connectivity index (χ3v) is 4.34. The highest BCUT2D eigenvalue weighted by atomic mass is 35.5. The van der Waals surface area contributed by atoms with Crippen LogP contribution in [0.4, 0.5) is 5.69 Å². The van der Waals surface area contributed by atoms with E-state index in [1.54, 1.807) is 0 Å². The number of nitrogens with two attached hydrogens (primary N) is 1. The molecule has 2 aromatic rings. The summed E-state index contributed by atoms with van der Waals surface area (Å²) in [4.78, 5) is 0. The van der Waals surface area contributed by atoms with Gasteiger partial charge in [-0.1, -0.05) is 46.9 Å². The van der Waals surface area contributed by atoms with E-state index < -0.39 is 0 Å². The fourth-order valence-corrected chi connectivity index (χ4v) is 2.87. The lowest BCUT2D eigenvalue weighted by atomic mass is 10.1. The number of anilines is 1. The van der Waals surface area contributed by atoms with Gasteiger partial charge in [0.25, 0.3) is 0 Å². The number of nitrogens with one attached hydrogen (secondary N) is 1. The molecule has 0 radical (unpaired) electrons. The van der Waals surface area contributed by atoms with Crippen molar-refractivity contribution in [1.82, 2.24) is 5.32 Å². The predicted octanol–water partition coefficient (Wildman–Crippen LogP) is 4.99. The number of hydrogen-bond donors (Lipinski definition) is 2. The number of halogens is 3. The number of aryl methyl sites for hydroxylation is 1. The highest BCUT2D eigenvalue weighted by molar-refractivity contribution is 6.38. The van der Waals surface area contributed by atoms with Gasteiger partial charge in [-0.05, 0) is 67.7 Å². The summed E-state index contributed by atoms with van der Waals surface area (Å²) in [6, 6.07) is 11.7. The van der Waals surface area contributed by atoms with Crippen LogP contribution >= 0.6 is 34.8 Å². The quantitative estimate of drug-likeness (QED) is 0.541. The predicted molar refractivity (Wildman–Crippen MR) is 97.2 cm³/mol. The maximum Gasteiger partial charge on any atom is 0.0693 e. The second kappa shape index (κ2) is 8.64. The monoisotopic (exact) mass is 356 g/mol. The van der Waals surface area contributed by atoms with Crippen molar-refractivity contribution < 1.29 is 0 Å². The van der Waals surface area contributed by atoms with Crippen molar-refractivity contribution >= 4 is 40.5 Å². The van der Waals surface area contributed by atoms with Crippen molar-refractivity contribution in [2.75, 3.05) is 18.8 Å². The fourth-order valence-electron chi connectivity index (χ4n) is 2.21. The normalized spacial score (nSPS) is 10.9. The maximum absolute atomic E-state index is 6.02. The zero-order valence-corrected chi connectivity index (χ0v) is 14.5. The molecule has 0 heterocycles. The summed E-state index contributed by atoms with van der Waals surface area (Å²) in [5.41, 5.74) is 8.57. The summed E-state index contributed by atoms with van der Waals surface area (Å²) < 4.78 is 0. The molecule has 0 unspecified atom stereocenters. The minimum absolute atomic E-state index is 0.447. The van der Waals surface area contributed by atoms with E-state index >= 15 is 0 Å². The van der Waals surface area contributed by atoms with Crippen molar-refractivity contribution in [2.45, 2.75) is 19.3 Å². The summed E-state index contributed by atoms with van der Waals surface area (Å²) in [6.07, 6.45) is 3.01. The maximum atomic E-state index is 6.02. The Hall–Kier alpha value is -0.930. The lowest BCUT2D eigenvalue weighted by Gasteiger charge is -2.08. The van der Waals surface area contributed by atoms with Gasteiger partial charge in [0.2, 0.25) is 0 Å². The third kappa shape index (κ3) is 5.36. The number of nitrogen functional groups attached to an aromatic ring is 1. The molecule has 5 heteroatoms. The molecular weight excluding hydrogens is 339 g/mol. The molecule has 0 aliphatic heterocycles. The second-order valence-electron chi connectivity index (χ2n) is 5.20. The van der Waals surface area contributed by atoms with Crippen molar-refractivity contribution in [3.63, 3.8) is 0 Å². The molecule has 3 N–H and O–H groups in total. The molecule has 0 aliphatic rings. The summed E-state index contributed by atoms with van der Waals surface area (Å²) in [6.45, 7) is 1.86. The van der Waals surface area contributed by atoms with Gasteiger partial charge in [-0.2, -0.15) is 0 Å². The van der Waals surface area contributed by atoms with Gasteiger partial charge in [0.15, 0.2) is 0 Å². The first kappa shape index (κ1) is 17.4. The Kier molecular flexibility index (Phi) is 6.84. The van der Waals surface area contributed by atoms with E-state index in [4.69, 9.17) is 40.5 Å². The average molecular weight is 358 g/mol. The summed E-state index contributed by atoms with van der Waals surface area (Å²) in [5, 5.41) is 5.24. The van der Waals surface area contributed by atoms with Gasteiger partial charge in [0, 0.05) is 5.02 Å². The van der Waals surface area contributed by atoms with Crippen LogP contribution in [0, 0.1) is 0 Å². The summed E-state index contributed by atoms with van der Waals surface area (Å²) >= 11 is 17.9. The molecule has 0 saturated carbocycles. The van der Waals surface area contributed by atoms with Gasteiger partial charge < -0.3 is 11.1 Å². The van der Waals surface area contributed by atoms with Gasteiger partial charge >= 0.3 is 0 Å². The van der Waals surface area contributed by atoms with Crippen LogP contribution < -0.4 is 11.1 Å². The molecule has 118 valence electrons. The Morgan fingerprint density at radius 1 is 0.818 bits per heavy atom. The van der Waals surface area contributed by atoms with Crippen LogP contribution in [0.5, 0.6) is 0 Å². The second-order valence-corrected chi connectivity index (χ2v) is 6.45. The van der Waals surface area contributed by atoms with Crippen LogP contribution in [-0.4, -0.2) is 13.1 Å². The first-order valence-corrected chi connectivity index (χ1v) is 8.38. The van der Waals surface area contributed by atoms with Crippen LogP contribution in [0.2, 0.25) is 15.1 Å². The Morgan fingerprint density at radius 3 is 2.09 bits per heavy atom. The Balaban J connectivity index is 1.66. The number of hydrogen-bond acceptors (Lipinski definition) is 2. The summed E-state index contributed by atoms with van der Waals surface area (Å²) in [7, 11) is 0. The Labute approximate surface area is 146 Å². The minimum atomic E-state index is 0.447. The smallest absolute Gasteiger partial charge is 0.0693 e. The molecule has 0 saturated heterocycles. The molecule has 0 fully saturated rings. The molecule has 22 heavy (non-hydrogen) atoms. The largest absolute Gasteiger partial charge is 0.396 e. The standard InChI is InChI=1S/C17H19Cl3N2/c18-14-5-3-12(4-6-14)2-1-8-22-9-7-13-10-15(19)17(21)16(20)11-13/h3-6,10-11,22H,1-2,7-9,21H2. The molecule has 0 amide bonds. The summed E-state index contributed by atoms with van der Waals surface area (Å²) in [5.74, 6) is 0. The third-order valence-electron chi connectivity index (χ3n) is 3.46. The minimum Gasteiger partial charge on any atom is -0.396 e. The highest BCUT2D eigenvalue weighted by Gasteiger charge is 2.04. The van der Waals surface area contributed by atoms with Crippen LogP contribution in [0.25, 0.3) is 0 Å². The van der Waals surface area contributed by atoms with Gasteiger partial charge in [-0.15, -0.1) is 0 Å². The van der Waals surface area contributed by atoms with Crippen molar-refractivity contribution in [2.24, 2.45) is 0 Å². The van der Waals surface area contributed by atoms with E-state index in [9.17, 15) is 0 Å². The Bertz CT molecular complexity index is 589.